The minimum Gasteiger partial charge on any atom is -0.496 e. The highest BCUT2D eigenvalue weighted by Gasteiger charge is 2.06. The maximum absolute atomic E-state index is 8.47. The van der Waals surface area contributed by atoms with Crippen LogP contribution in [-0.2, 0) is 6.42 Å². The lowest BCUT2D eigenvalue weighted by molar-refractivity contribution is 0.214. The molecule has 0 saturated carbocycles. The van der Waals surface area contributed by atoms with Crippen molar-refractivity contribution in [3.05, 3.63) is 54.2 Å². The molecule has 3 nitrogen and oxygen atoms in total. The second kappa shape index (κ2) is 5.37. The Kier molecular flexibility index (Phi) is 3.62. The molecular formula is C14H15NO2. The zero-order chi connectivity index (χ0) is 12.1. The molecule has 2 aromatic rings. The molecule has 2 aromatic carbocycles. The summed E-state index contributed by atoms with van der Waals surface area (Å²) in [6, 6.07) is 12.2. The highest BCUT2D eigenvalue weighted by Crippen LogP contribution is 2.29. The molecule has 0 spiro atoms. The number of allylic oxidation sites excluding steroid dienone is 1. The van der Waals surface area contributed by atoms with Crippen LogP contribution in [0.4, 0.5) is 0 Å². The van der Waals surface area contributed by atoms with Gasteiger partial charge in [-0.25, -0.2) is 0 Å². The molecule has 0 fully saturated rings. The van der Waals surface area contributed by atoms with Crippen LogP contribution >= 0.6 is 0 Å². The van der Waals surface area contributed by atoms with Gasteiger partial charge in [-0.05, 0) is 17.4 Å². The Morgan fingerprint density at radius 1 is 1.24 bits per heavy atom. The van der Waals surface area contributed by atoms with Crippen molar-refractivity contribution < 1.29 is 9.94 Å². The number of hydrogen-bond acceptors (Lipinski definition) is 3. The normalized spacial score (nSPS) is 10.9. The monoisotopic (exact) mass is 229 g/mol. The SMILES string of the molecule is COc1c(CC=CNO)ccc2ccccc12. The third-order valence-electron chi connectivity index (χ3n) is 2.70. The van der Waals surface area contributed by atoms with E-state index in [0.717, 1.165) is 22.1 Å². The van der Waals surface area contributed by atoms with E-state index in [0.29, 0.717) is 6.42 Å². The van der Waals surface area contributed by atoms with Gasteiger partial charge in [-0.1, -0.05) is 42.5 Å². The first-order valence-electron chi connectivity index (χ1n) is 5.46. The minimum absolute atomic E-state index is 0.710. The summed E-state index contributed by atoms with van der Waals surface area (Å²) in [6.45, 7) is 0. The molecule has 0 amide bonds. The van der Waals surface area contributed by atoms with Crippen LogP contribution < -0.4 is 10.2 Å². The molecule has 0 bridgehead atoms. The maximum atomic E-state index is 8.47. The van der Waals surface area contributed by atoms with Gasteiger partial charge < -0.3 is 4.74 Å². The number of nitrogens with one attached hydrogen (secondary N) is 1. The Labute approximate surface area is 100 Å². The lowest BCUT2D eigenvalue weighted by Crippen LogP contribution is -1.95. The molecule has 17 heavy (non-hydrogen) atoms. The molecule has 0 heterocycles. The molecule has 2 rings (SSSR count). The lowest BCUT2D eigenvalue weighted by Gasteiger charge is -2.10. The first-order valence-corrected chi connectivity index (χ1v) is 5.46. The van der Waals surface area contributed by atoms with E-state index in [1.807, 2.05) is 35.8 Å². The summed E-state index contributed by atoms with van der Waals surface area (Å²) >= 11 is 0. The number of fused-ring (bicyclic) bond motifs is 1. The third-order valence-corrected chi connectivity index (χ3v) is 2.70. The number of methoxy groups -OCH3 is 1. The van der Waals surface area contributed by atoms with E-state index in [1.54, 1.807) is 7.11 Å². The Bertz CT molecular complexity index is 535. The fourth-order valence-corrected chi connectivity index (χ4v) is 1.93. The predicted octanol–water partition coefficient (Wildman–Crippen LogP) is 2.88. The number of hydroxylamine groups is 1. The van der Waals surface area contributed by atoms with E-state index < -0.39 is 0 Å². The van der Waals surface area contributed by atoms with Crippen molar-refractivity contribution in [3.63, 3.8) is 0 Å². The van der Waals surface area contributed by atoms with E-state index in [9.17, 15) is 0 Å². The van der Waals surface area contributed by atoms with E-state index in [4.69, 9.17) is 9.94 Å². The summed E-state index contributed by atoms with van der Waals surface area (Å²) in [7, 11) is 1.68. The number of hydrogen-bond donors (Lipinski definition) is 2. The quantitative estimate of drug-likeness (QED) is 0.792. The Morgan fingerprint density at radius 2 is 2.06 bits per heavy atom. The molecule has 88 valence electrons. The summed E-state index contributed by atoms with van der Waals surface area (Å²) < 4.78 is 5.47. The van der Waals surface area contributed by atoms with Crippen molar-refractivity contribution in [3.8, 4) is 5.75 Å². The standard InChI is InChI=1S/C14H15NO2/c1-17-14-12(6-4-10-15-16)9-8-11-5-2-3-7-13(11)14/h2-5,7-10,15-16H,6H2,1H3. The van der Waals surface area contributed by atoms with Crippen LogP contribution in [0.15, 0.2) is 48.7 Å². The van der Waals surface area contributed by atoms with Gasteiger partial charge >= 0.3 is 0 Å². The molecule has 0 aliphatic carbocycles. The van der Waals surface area contributed by atoms with Crippen molar-refractivity contribution in [2.45, 2.75) is 6.42 Å². The molecule has 0 aromatic heterocycles. The molecule has 0 saturated heterocycles. The second-order valence-electron chi connectivity index (χ2n) is 3.71. The average Bonchev–Trinajstić information content (AvgIpc) is 2.38. The summed E-state index contributed by atoms with van der Waals surface area (Å²) in [4.78, 5) is 0. The smallest absolute Gasteiger partial charge is 0.130 e. The van der Waals surface area contributed by atoms with Gasteiger partial charge in [-0.3, -0.25) is 10.7 Å². The van der Waals surface area contributed by atoms with Crippen LogP contribution in [0, 0.1) is 0 Å². The van der Waals surface area contributed by atoms with Crippen molar-refractivity contribution in [2.24, 2.45) is 0 Å². The van der Waals surface area contributed by atoms with Crippen molar-refractivity contribution in [2.75, 3.05) is 7.11 Å². The number of ether oxygens (including phenoxy) is 1. The zero-order valence-corrected chi connectivity index (χ0v) is 9.68. The molecular weight excluding hydrogens is 214 g/mol. The van der Waals surface area contributed by atoms with Gasteiger partial charge in [0.1, 0.15) is 5.75 Å². The number of rotatable bonds is 4. The molecule has 0 unspecified atom stereocenters. The molecule has 0 aliphatic rings. The van der Waals surface area contributed by atoms with Crippen molar-refractivity contribution in [1.82, 2.24) is 5.48 Å². The fourth-order valence-electron chi connectivity index (χ4n) is 1.93. The first-order chi connectivity index (χ1) is 8.36. The third kappa shape index (κ3) is 2.40. The summed E-state index contributed by atoms with van der Waals surface area (Å²) in [6.07, 6.45) is 4.04. The Hall–Kier alpha value is -2.00. The van der Waals surface area contributed by atoms with Gasteiger partial charge in [0.25, 0.3) is 0 Å². The topological polar surface area (TPSA) is 41.5 Å². The predicted molar refractivity (Wildman–Crippen MR) is 68.3 cm³/mol. The van der Waals surface area contributed by atoms with Gasteiger partial charge in [0.15, 0.2) is 0 Å². The van der Waals surface area contributed by atoms with E-state index in [1.165, 1.54) is 6.20 Å². The maximum Gasteiger partial charge on any atom is 0.130 e. The summed E-state index contributed by atoms with van der Waals surface area (Å²) in [5.74, 6) is 0.894. The van der Waals surface area contributed by atoms with Gasteiger partial charge in [0.2, 0.25) is 0 Å². The molecule has 0 atom stereocenters. The molecule has 2 N–H and O–H groups in total. The van der Waals surface area contributed by atoms with Crippen molar-refractivity contribution >= 4 is 10.8 Å². The fraction of sp³-hybridized carbons (Fsp3) is 0.143. The van der Waals surface area contributed by atoms with Crippen LogP contribution in [0.25, 0.3) is 10.8 Å². The van der Waals surface area contributed by atoms with E-state index in [2.05, 4.69) is 12.1 Å². The highest BCUT2D eigenvalue weighted by molar-refractivity contribution is 5.89. The Morgan fingerprint density at radius 3 is 2.82 bits per heavy atom. The largest absolute Gasteiger partial charge is 0.496 e. The van der Waals surface area contributed by atoms with Gasteiger partial charge in [0, 0.05) is 11.6 Å². The van der Waals surface area contributed by atoms with Gasteiger partial charge in [0.05, 0.1) is 7.11 Å². The first kappa shape index (κ1) is 11.5. The Balaban J connectivity index is 2.45. The van der Waals surface area contributed by atoms with E-state index >= 15 is 0 Å². The average molecular weight is 229 g/mol. The summed E-state index contributed by atoms with van der Waals surface area (Å²) in [5, 5.41) is 10.7. The molecule has 3 heteroatoms. The second-order valence-corrected chi connectivity index (χ2v) is 3.71. The number of benzene rings is 2. The summed E-state index contributed by atoms with van der Waals surface area (Å²) in [5.41, 5.74) is 3.09. The minimum atomic E-state index is 0.710. The molecule has 0 radical (unpaired) electrons. The van der Waals surface area contributed by atoms with Crippen LogP contribution in [0.1, 0.15) is 5.56 Å². The van der Waals surface area contributed by atoms with Crippen LogP contribution in [0.3, 0.4) is 0 Å². The van der Waals surface area contributed by atoms with Gasteiger partial charge in [-0.15, -0.1) is 0 Å². The van der Waals surface area contributed by atoms with E-state index in [-0.39, 0.29) is 0 Å². The zero-order valence-electron chi connectivity index (χ0n) is 9.68. The van der Waals surface area contributed by atoms with Crippen LogP contribution in [0.2, 0.25) is 0 Å². The van der Waals surface area contributed by atoms with Crippen molar-refractivity contribution in [1.29, 1.82) is 0 Å². The lowest BCUT2D eigenvalue weighted by atomic mass is 10.0. The van der Waals surface area contributed by atoms with Crippen LogP contribution in [-0.4, -0.2) is 12.3 Å². The highest BCUT2D eigenvalue weighted by atomic mass is 16.5. The molecule has 0 aliphatic heterocycles. The van der Waals surface area contributed by atoms with Crippen LogP contribution in [0.5, 0.6) is 5.75 Å². The van der Waals surface area contributed by atoms with Gasteiger partial charge in [-0.2, -0.15) is 0 Å².